The summed E-state index contributed by atoms with van der Waals surface area (Å²) in [7, 11) is 0. The highest BCUT2D eigenvalue weighted by atomic mass is 15.2. The van der Waals surface area contributed by atoms with Crippen LogP contribution in [0.15, 0.2) is 6.07 Å². The Morgan fingerprint density at radius 1 is 1.33 bits per heavy atom. The SMILES string of the molecule is CCNc1cc(N2CCNCC2)nc(C(C)C)n1. The molecule has 2 heterocycles. The fourth-order valence-corrected chi connectivity index (χ4v) is 2.04. The summed E-state index contributed by atoms with van der Waals surface area (Å²) < 4.78 is 0. The first-order valence-corrected chi connectivity index (χ1v) is 6.79. The molecular weight excluding hydrogens is 226 g/mol. The van der Waals surface area contributed by atoms with Gasteiger partial charge in [-0.15, -0.1) is 0 Å². The van der Waals surface area contributed by atoms with E-state index in [0.29, 0.717) is 5.92 Å². The molecule has 1 aromatic heterocycles. The van der Waals surface area contributed by atoms with E-state index in [0.717, 1.165) is 50.2 Å². The number of nitrogens with one attached hydrogen (secondary N) is 2. The van der Waals surface area contributed by atoms with Crippen molar-refractivity contribution >= 4 is 11.6 Å². The van der Waals surface area contributed by atoms with Gasteiger partial charge in [-0.3, -0.25) is 0 Å². The minimum Gasteiger partial charge on any atom is -0.370 e. The number of aromatic nitrogens is 2. The van der Waals surface area contributed by atoms with E-state index in [2.05, 4.69) is 52.3 Å². The van der Waals surface area contributed by atoms with Gasteiger partial charge in [-0.2, -0.15) is 0 Å². The third kappa shape index (κ3) is 3.10. The summed E-state index contributed by atoms with van der Waals surface area (Å²) in [6, 6.07) is 2.06. The quantitative estimate of drug-likeness (QED) is 0.845. The highest BCUT2D eigenvalue weighted by Gasteiger charge is 2.15. The van der Waals surface area contributed by atoms with Gasteiger partial charge in [-0.1, -0.05) is 13.8 Å². The van der Waals surface area contributed by atoms with Crippen molar-refractivity contribution in [1.29, 1.82) is 0 Å². The van der Waals surface area contributed by atoms with Crippen LogP contribution in [0, 0.1) is 0 Å². The molecular formula is C13H23N5. The van der Waals surface area contributed by atoms with E-state index < -0.39 is 0 Å². The van der Waals surface area contributed by atoms with E-state index in [1.807, 2.05) is 0 Å². The van der Waals surface area contributed by atoms with E-state index >= 15 is 0 Å². The molecule has 1 saturated heterocycles. The molecule has 0 atom stereocenters. The Morgan fingerprint density at radius 3 is 2.67 bits per heavy atom. The zero-order valence-electron chi connectivity index (χ0n) is 11.5. The fraction of sp³-hybridized carbons (Fsp3) is 0.692. The minimum absolute atomic E-state index is 0.352. The van der Waals surface area contributed by atoms with Crippen molar-refractivity contribution < 1.29 is 0 Å². The number of hydrogen-bond donors (Lipinski definition) is 2. The summed E-state index contributed by atoms with van der Waals surface area (Å²) in [5.74, 6) is 3.25. The van der Waals surface area contributed by atoms with Crippen molar-refractivity contribution in [3.63, 3.8) is 0 Å². The Kier molecular flexibility index (Phi) is 4.36. The molecule has 2 N–H and O–H groups in total. The summed E-state index contributed by atoms with van der Waals surface area (Å²) in [5, 5.41) is 6.65. The van der Waals surface area contributed by atoms with Gasteiger partial charge in [-0.25, -0.2) is 9.97 Å². The van der Waals surface area contributed by atoms with E-state index in [4.69, 9.17) is 0 Å². The van der Waals surface area contributed by atoms with Crippen LogP contribution in [0.2, 0.25) is 0 Å². The van der Waals surface area contributed by atoms with Crippen LogP contribution >= 0.6 is 0 Å². The molecule has 2 rings (SSSR count). The van der Waals surface area contributed by atoms with Gasteiger partial charge in [0.2, 0.25) is 0 Å². The first-order chi connectivity index (χ1) is 8.70. The first kappa shape index (κ1) is 13.1. The summed E-state index contributed by atoms with van der Waals surface area (Å²) in [4.78, 5) is 11.6. The average Bonchev–Trinajstić information content (AvgIpc) is 2.40. The molecule has 0 aromatic carbocycles. The molecule has 5 nitrogen and oxygen atoms in total. The molecule has 0 spiro atoms. The smallest absolute Gasteiger partial charge is 0.135 e. The third-order valence-electron chi connectivity index (χ3n) is 3.05. The van der Waals surface area contributed by atoms with Crippen molar-refractivity contribution in [2.24, 2.45) is 0 Å². The molecule has 0 unspecified atom stereocenters. The van der Waals surface area contributed by atoms with E-state index in [-0.39, 0.29) is 0 Å². The van der Waals surface area contributed by atoms with E-state index in [9.17, 15) is 0 Å². The zero-order valence-corrected chi connectivity index (χ0v) is 11.5. The molecule has 0 saturated carbocycles. The lowest BCUT2D eigenvalue weighted by atomic mass is 10.2. The molecule has 0 amide bonds. The zero-order chi connectivity index (χ0) is 13.0. The summed E-state index contributed by atoms with van der Waals surface area (Å²) in [5.41, 5.74) is 0. The van der Waals surface area contributed by atoms with Crippen LogP contribution in [0.3, 0.4) is 0 Å². The lowest BCUT2D eigenvalue weighted by Gasteiger charge is -2.29. The van der Waals surface area contributed by atoms with Crippen LogP contribution < -0.4 is 15.5 Å². The number of anilines is 2. The molecule has 1 aromatic rings. The number of nitrogens with zero attached hydrogens (tertiary/aromatic N) is 3. The van der Waals surface area contributed by atoms with Gasteiger partial charge in [0.15, 0.2) is 0 Å². The predicted molar refractivity (Wildman–Crippen MR) is 75.4 cm³/mol. The highest BCUT2D eigenvalue weighted by Crippen LogP contribution is 2.20. The highest BCUT2D eigenvalue weighted by molar-refractivity contribution is 5.50. The van der Waals surface area contributed by atoms with Crippen LogP contribution in [0.1, 0.15) is 32.5 Å². The second kappa shape index (κ2) is 6.00. The molecule has 18 heavy (non-hydrogen) atoms. The fourth-order valence-electron chi connectivity index (χ4n) is 2.04. The number of hydrogen-bond acceptors (Lipinski definition) is 5. The minimum atomic E-state index is 0.352. The van der Waals surface area contributed by atoms with Crippen molar-refractivity contribution in [2.45, 2.75) is 26.7 Å². The predicted octanol–water partition coefficient (Wildman–Crippen LogP) is 1.44. The van der Waals surface area contributed by atoms with Crippen LogP contribution in [0.25, 0.3) is 0 Å². The van der Waals surface area contributed by atoms with E-state index in [1.165, 1.54) is 0 Å². The van der Waals surface area contributed by atoms with Gasteiger partial charge in [0.05, 0.1) is 0 Å². The molecule has 0 bridgehead atoms. The van der Waals surface area contributed by atoms with Gasteiger partial charge in [-0.05, 0) is 6.92 Å². The molecule has 0 aliphatic carbocycles. The van der Waals surface area contributed by atoms with Gasteiger partial charge in [0.1, 0.15) is 17.5 Å². The molecule has 1 aliphatic rings. The molecule has 0 radical (unpaired) electrons. The second-order valence-corrected chi connectivity index (χ2v) is 4.89. The first-order valence-electron chi connectivity index (χ1n) is 6.79. The Balaban J connectivity index is 2.26. The molecule has 1 fully saturated rings. The lowest BCUT2D eigenvalue weighted by Crippen LogP contribution is -2.44. The van der Waals surface area contributed by atoms with Gasteiger partial charge < -0.3 is 15.5 Å². The van der Waals surface area contributed by atoms with Crippen LogP contribution in [-0.2, 0) is 0 Å². The topological polar surface area (TPSA) is 53.1 Å². The van der Waals surface area contributed by atoms with Gasteiger partial charge >= 0.3 is 0 Å². The van der Waals surface area contributed by atoms with Crippen molar-refractivity contribution in [3.05, 3.63) is 11.9 Å². The number of piperazine rings is 1. The molecule has 1 aliphatic heterocycles. The molecule has 5 heteroatoms. The Morgan fingerprint density at radius 2 is 2.06 bits per heavy atom. The summed E-state index contributed by atoms with van der Waals surface area (Å²) >= 11 is 0. The maximum absolute atomic E-state index is 4.69. The monoisotopic (exact) mass is 249 g/mol. The summed E-state index contributed by atoms with van der Waals surface area (Å²) in [6.07, 6.45) is 0. The standard InChI is InChI=1S/C13H23N5/c1-4-15-11-9-12(17-13(16-11)10(2)3)18-7-5-14-6-8-18/h9-10,14H,4-8H2,1-3H3,(H,15,16,17). The Bertz CT molecular complexity index is 385. The van der Waals surface area contributed by atoms with Crippen molar-refractivity contribution in [3.8, 4) is 0 Å². The summed E-state index contributed by atoms with van der Waals surface area (Å²) in [6.45, 7) is 11.3. The maximum atomic E-state index is 4.69. The van der Waals surface area contributed by atoms with Gasteiger partial charge in [0.25, 0.3) is 0 Å². The van der Waals surface area contributed by atoms with Crippen LogP contribution in [0.5, 0.6) is 0 Å². The van der Waals surface area contributed by atoms with Crippen molar-refractivity contribution in [2.75, 3.05) is 42.9 Å². The van der Waals surface area contributed by atoms with E-state index in [1.54, 1.807) is 0 Å². The van der Waals surface area contributed by atoms with Crippen molar-refractivity contribution in [1.82, 2.24) is 15.3 Å². The Labute approximate surface area is 109 Å². The maximum Gasteiger partial charge on any atom is 0.135 e. The molecule has 100 valence electrons. The second-order valence-electron chi connectivity index (χ2n) is 4.89. The van der Waals surface area contributed by atoms with Crippen LogP contribution in [0.4, 0.5) is 11.6 Å². The largest absolute Gasteiger partial charge is 0.370 e. The Hall–Kier alpha value is -1.36. The lowest BCUT2D eigenvalue weighted by molar-refractivity contribution is 0.582. The average molecular weight is 249 g/mol. The van der Waals surface area contributed by atoms with Gasteiger partial charge in [0, 0.05) is 44.7 Å². The van der Waals surface area contributed by atoms with Crippen LogP contribution in [-0.4, -0.2) is 42.7 Å². The number of rotatable bonds is 4. The third-order valence-corrected chi connectivity index (χ3v) is 3.05. The normalized spacial score (nSPS) is 16.1.